The van der Waals surface area contributed by atoms with Gasteiger partial charge in [-0.3, -0.25) is 0 Å². The second kappa shape index (κ2) is 4.40. The molecule has 0 aliphatic rings. The van der Waals surface area contributed by atoms with Gasteiger partial charge in [0, 0.05) is 5.69 Å². The molecule has 0 bridgehead atoms. The van der Waals surface area contributed by atoms with Crippen molar-refractivity contribution in [2.75, 3.05) is 0 Å². The molecule has 1 N–H and O–H groups in total. The van der Waals surface area contributed by atoms with Crippen LogP contribution in [0, 0.1) is 11.3 Å². The monoisotopic (exact) mass is 189 g/mol. The van der Waals surface area contributed by atoms with Crippen LogP contribution >= 0.6 is 0 Å². The molecular weight excluding hydrogens is 178 g/mol. The lowest BCUT2D eigenvalue weighted by Gasteiger charge is -1.95. The first-order valence-electron chi connectivity index (χ1n) is 4.50. The maximum Gasteiger partial charge on any atom is 0.242 e. The lowest BCUT2D eigenvalue weighted by molar-refractivity contribution is 0.565. The van der Waals surface area contributed by atoms with Gasteiger partial charge in [0.05, 0.1) is 0 Å². The molecule has 4 nitrogen and oxygen atoms in total. The summed E-state index contributed by atoms with van der Waals surface area (Å²) in [6.45, 7) is 3.96. The van der Waals surface area contributed by atoms with E-state index in [2.05, 4.69) is 16.0 Å². The van der Waals surface area contributed by atoms with Crippen molar-refractivity contribution >= 4 is 11.9 Å². The number of isocyanates is 1. The molecule has 0 radical (unpaired) electrons. The van der Waals surface area contributed by atoms with Crippen LogP contribution in [-0.2, 0) is 17.6 Å². The van der Waals surface area contributed by atoms with Gasteiger partial charge in [-0.15, -0.1) is 4.99 Å². The maximum atomic E-state index is 10.1. The topological polar surface area (TPSA) is 69.0 Å². The number of nitrogens with zero attached hydrogens (tertiary/aromatic N) is 2. The van der Waals surface area contributed by atoms with Crippen LogP contribution in [0.15, 0.2) is 4.99 Å². The number of hydrogen-bond acceptors (Lipinski definition) is 3. The summed E-state index contributed by atoms with van der Waals surface area (Å²) < 4.78 is 0. The zero-order valence-electron chi connectivity index (χ0n) is 8.22. The summed E-state index contributed by atoms with van der Waals surface area (Å²) in [4.78, 5) is 16.5. The molecule has 0 aromatic carbocycles. The van der Waals surface area contributed by atoms with E-state index in [-0.39, 0.29) is 0 Å². The fraction of sp³-hybridized carbons (Fsp3) is 0.400. The number of H-pyrrole nitrogens is 1. The van der Waals surface area contributed by atoms with E-state index in [1.54, 1.807) is 0 Å². The van der Waals surface area contributed by atoms with E-state index >= 15 is 0 Å². The first-order chi connectivity index (χ1) is 6.78. The Kier molecular flexibility index (Phi) is 3.22. The van der Waals surface area contributed by atoms with Gasteiger partial charge in [-0.1, -0.05) is 13.8 Å². The van der Waals surface area contributed by atoms with Crippen LogP contribution in [0.25, 0.3) is 0 Å². The van der Waals surface area contributed by atoms with E-state index in [0.29, 0.717) is 11.4 Å². The third-order valence-electron chi connectivity index (χ3n) is 2.15. The normalized spacial score (nSPS) is 9.21. The molecule has 0 amide bonds. The van der Waals surface area contributed by atoms with Gasteiger partial charge in [0.25, 0.3) is 0 Å². The summed E-state index contributed by atoms with van der Waals surface area (Å²) in [6.07, 6.45) is 3.00. The highest BCUT2D eigenvalue weighted by Gasteiger charge is 2.13. The fourth-order valence-electron chi connectivity index (χ4n) is 1.52. The van der Waals surface area contributed by atoms with E-state index < -0.39 is 0 Å². The minimum atomic E-state index is 0.330. The molecule has 1 aromatic rings. The van der Waals surface area contributed by atoms with Gasteiger partial charge in [-0.25, -0.2) is 4.79 Å². The van der Waals surface area contributed by atoms with E-state index in [1.165, 1.54) is 6.08 Å². The van der Waals surface area contributed by atoms with Crippen LogP contribution in [0.4, 0.5) is 5.82 Å². The Morgan fingerprint density at radius 1 is 1.43 bits per heavy atom. The first-order valence-corrected chi connectivity index (χ1v) is 4.50. The fourth-order valence-corrected chi connectivity index (χ4v) is 1.52. The molecule has 0 unspecified atom stereocenters. The van der Waals surface area contributed by atoms with Crippen molar-refractivity contribution < 1.29 is 4.79 Å². The highest BCUT2D eigenvalue weighted by atomic mass is 16.1. The second-order valence-electron chi connectivity index (χ2n) is 2.83. The van der Waals surface area contributed by atoms with Gasteiger partial charge in [-0.05, 0) is 18.4 Å². The Morgan fingerprint density at radius 3 is 2.57 bits per heavy atom. The van der Waals surface area contributed by atoms with Crippen molar-refractivity contribution in [3.8, 4) is 6.07 Å². The maximum absolute atomic E-state index is 10.1. The summed E-state index contributed by atoms with van der Waals surface area (Å²) in [6, 6.07) is 2.05. The molecule has 0 saturated heterocycles. The van der Waals surface area contributed by atoms with Gasteiger partial charge in [-0.2, -0.15) is 5.26 Å². The Bertz CT molecular complexity index is 419. The summed E-state index contributed by atoms with van der Waals surface area (Å²) in [5.74, 6) is 0.330. The first kappa shape index (κ1) is 10.2. The summed E-state index contributed by atoms with van der Waals surface area (Å²) in [7, 11) is 0. The van der Waals surface area contributed by atoms with Crippen molar-refractivity contribution in [1.82, 2.24) is 4.98 Å². The third kappa shape index (κ3) is 1.59. The zero-order valence-corrected chi connectivity index (χ0v) is 8.22. The molecule has 4 heteroatoms. The number of hydrogen-bond donors (Lipinski definition) is 1. The summed E-state index contributed by atoms with van der Waals surface area (Å²) in [5.41, 5.74) is 2.38. The van der Waals surface area contributed by atoms with E-state index in [4.69, 9.17) is 5.26 Å². The number of nitriles is 1. The minimum absolute atomic E-state index is 0.330. The van der Waals surface area contributed by atoms with E-state index in [0.717, 1.165) is 24.1 Å². The molecule has 14 heavy (non-hydrogen) atoms. The Morgan fingerprint density at radius 2 is 2.14 bits per heavy atom. The van der Waals surface area contributed by atoms with E-state index in [9.17, 15) is 4.79 Å². The number of carbonyl (C=O) groups excluding carboxylic acids is 1. The molecule has 0 atom stereocenters. The predicted octanol–water partition coefficient (Wildman–Crippen LogP) is 1.98. The standard InChI is InChI=1S/C10H11N3O/c1-3-7-8(5-11)10(12-6-14)13-9(7)4-2/h13H,3-4H2,1-2H3. The SMILES string of the molecule is CCc1[nH]c(N=C=O)c(C#N)c1CC. The molecular formula is C10H11N3O. The van der Waals surface area contributed by atoms with Gasteiger partial charge in [0.2, 0.25) is 6.08 Å². The molecule has 0 saturated carbocycles. The lowest BCUT2D eigenvalue weighted by atomic mass is 10.1. The van der Waals surface area contributed by atoms with Crippen LogP contribution in [0.3, 0.4) is 0 Å². The highest BCUT2D eigenvalue weighted by Crippen LogP contribution is 2.25. The van der Waals surface area contributed by atoms with Crippen molar-refractivity contribution in [1.29, 1.82) is 5.26 Å². The molecule has 0 spiro atoms. The Balaban J connectivity index is 3.40. The van der Waals surface area contributed by atoms with Crippen molar-refractivity contribution in [2.24, 2.45) is 4.99 Å². The van der Waals surface area contributed by atoms with Crippen molar-refractivity contribution in [3.63, 3.8) is 0 Å². The molecule has 1 aromatic heterocycles. The highest BCUT2D eigenvalue weighted by molar-refractivity contribution is 5.60. The average Bonchev–Trinajstić information content (AvgIpc) is 2.55. The molecule has 0 fully saturated rings. The number of nitrogens with one attached hydrogen (secondary N) is 1. The van der Waals surface area contributed by atoms with E-state index in [1.807, 2.05) is 13.8 Å². The minimum Gasteiger partial charge on any atom is -0.342 e. The summed E-state index contributed by atoms with van der Waals surface area (Å²) >= 11 is 0. The largest absolute Gasteiger partial charge is 0.342 e. The molecule has 1 rings (SSSR count). The van der Waals surface area contributed by atoms with Crippen LogP contribution in [0.5, 0.6) is 0 Å². The molecule has 1 heterocycles. The number of aryl methyl sites for hydroxylation is 1. The Hall–Kier alpha value is -1.85. The number of rotatable bonds is 3. The predicted molar refractivity (Wildman–Crippen MR) is 52.0 cm³/mol. The van der Waals surface area contributed by atoms with Crippen molar-refractivity contribution in [2.45, 2.75) is 26.7 Å². The zero-order chi connectivity index (χ0) is 10.6. The van der Waals surface area contributed by atoms with Crippen LogP contribution in [-0.4, -0.2) is 11.1 Å². The smallest absolute Gasteiger partial charge is 0.242 e. The number of aromatic nitrogens is 1. The van der Waals surface area contributed by atoms with Crippen LogP contribution in [0.1, 0.15) is 30.7 Å². The molecule has 0 aliphatic heterocycles. The number of aliphatic imine (C=N–C) groups is 1. The van der Waals surface area contributed by atoms with Gasteiger partial charge in [0.1, 0.15) is 11.6 Å². The van der Waals surface area contributed by atoms with Crippen molar-refractivity contribution in [3.05, 3.63) is 16.8 Å². The quantitative estimate of drug-likeness (QED) is 0.583. The van der Waals surface area contributed by atoms with Gasteiger partial charge in [0.15, 0.2) is 5.82 Å². The third-order valence-corrected chi connectivity index (χ3v) is 2.15. The Labute approximate surface area is 82.3 Å². The van der Waals surface area contributed by atoms with Crippen LogP contribution < -0.4 is 0 Å². The van der Waals surface area contributed by atoms with Crippen LogP contribution in [0.2, 0.25) is 0 Å². The molecule has 72 valence electrons. The lowest BCUT2D eigenvalue weighted by Crippen LogP contribution is -1.88. The molecule has 0 aliphatic carbocycles. The second-order valence-corrected chi connectivity index (χ2v) is 2.83. The number of aromatic amines is 1. The van der Waals surface area contributed by atoms with Gasteiger partial charge < -0.3 is 4.98 Å². The summed E-state index contributed by atoms with van der Waals surface area (Å²) in [5, 5.41) is 8.91. The van der Waals surface area contributed by atoms with Gasteiger partial charge >= 0.3 is 0 Å². The average molecular weight is 189 g/mol.